The minimum absolute atomic E-state index is 0.135. The van der Waals surface area contributed by atoms with Gasteiger partial charge in [-0.15, -0.1) is 0 Å². The number of nitrogens with zero attached hydrogens (tertiary/aromatic N) is 3. The van der Waals surface area contributed by atoms with Crippen molar-refractivity contribution in [1.82, 2.24) is 14.8 Å². The molecule has 0 spiro atoms. The lowest BCUT2D eigenvalue weighted by molar-refractivity contribution is 0.0573. The van der Waals surface area contributed by atoms with Crippen molar-refractivity contribution < 1.29 is 4.79 Å². The summed E-state index contributed by atoms with van der Waals surface area (Å²) in [5.74, 6) is 0.135. The van der Waals surface area contributed by atoms with E-state index in [-0.39, 0.29) is 5.91 Å². The van der Waals surface area contributed by atoms with Crippen molar-refractivity contribution in [3.8, 4) is 0 Å². The molecule has 1 aliphatic carbocycles. The average Bonchev–Trinajstić information content (AvgIpc) is 3.28. The molecule has 4 rings (SSSR count). The number of aromatic nitrogens is 1. The third-order valence-electron chi connectivity index (χ3n) is 7.70. The third-order valence-corrected chi connectivity index (χ3v) is 8.43. The second-order valence-corrected chi connectivity index (χ2v) is 10.9. The summed E-state index contributed by atoms with van der Waals surface area (Å²) < 4.78 is 0. The standard InChI is InChI=1S/C27H35Cl2N3O/c1-20-17-22(8-14-30-20)26(33)32-15-9-23(10-16-32)31(2)19-27(11-3-4-12-27)13-7-21-5-6-24(28)25(29)18-21/h5-6,8,14,17-18,23H,3-4,7,9-13,15-16,19H2,1-2H3. The van der Waals surface area contributed by atoms with Gasteiger partial charge in [0.2, 0.25) is 0 Å². The van der Waals surface area contributed by atoms with Crippen LogP contribution >= 0.6 is 23.2 Å². The van der Waals surface area contributed by atoms with Gasteiger partial charge in [-0.2, -0.15) is 0 Å². The fourth-order valence-corrected chi connectivity index (χ4v) is 6.07. The number of likely N-dealkylation sites (tertiary alicyclic amines) is 1. The van der Waals surface area contributed by atoms with Gasteiger partial charge in [0, 0.05) is 43.1 Å². The minimum atomic E-state index is 0.135. The fourth-order valence-electron chi connectivity index (χ4n) is 5.75. The second-order valence-electron chi connectivity index (χ2n) is 10.1. The zero-order chi connectivity index (χ0) is 23.4. The third kappa shape index (κ3) is 6.09. The van der Waals surface area contributed by atoms with E-state index in [1.54, 1.807) is 6.20 Å². The van der Waals surface area contributed by atoms with Crippen LogP contribution in [-0.4, -0.2) is 53.4 Å². The normalized spacial score (nSPS) is 18.8. The first-order valence-electron chi connectivity index (χ1n) is 12.2. The van der Waals surface area contributed by atoms with Crippen LogP contribution in [0.5, 0.6) is 0 Å². The molecule has 178 valence electrons. The van der Waals surface area contributed by atoms with E-state index in [1.165, 1.54) is 37.7 Å². The Labute approximate surface area is 208 Å². The van der Waals surface area contributed by atoms with Crippen molar-refractivity contribution in [1.29, 1.82) is 0 Å². The topological polar surface area (TPSA) is 36.4 Å². The van der Waals surface area contributed by atoms with E-state index in [0.717, 1.165) is 50.2 Å². The number of pyridine rings is 1. The Morgan fingerprint density at radius 2 is 1.85 bits per heavy atom. The summed E-state index contributed by atoms with van der Waals surface area (Å²) >= 11 is 12.3. The quantitative estimate of drug-likeness (QED) is 0.451. The maximum Gasteiger partial charge on any atom is 0.253 e. The fraction of sp³-hybridized carbons (Fsp3) is 0.556. The highest BCUT2D eigenvalue weighted by Gasteiger charge is 2.36. The molecule has 0 radical (unpaired) electrons. The van der Waals surface area contributed by atoms with Crippen molar-refractivity contribution in [3.05, 3.63) is 63.4 Å². The van der Waals surface area contributed by atoms with Crippen LogP contribution in [0, 0.1) is 12.3 Å². The van der Waals surface area contributed by atoms with E-state index < -0.39 is 0 Å². The Morgan fingerprint density at radius 1 is 1.12 bits per heavy atom. The van der Waals surface area contributed by atoms with Gasteiger partial charge in [-0.1, -0.05) is 42.1 Å². The maximum atomic E-state index is 12.9. The molecule has 0 unspecified atom stereocenters. The van der Waals surface area contributed by atoms with E-state index in [1.807, 2.05) is 36.1 Å². The van der Waals surface area contributed by atoms with Crippen LogP contribution in [-0.2, 0) is 6.42 Å². The first-order chi connectivity index (χ1) is 15.8. The number of hydrogen-bond donors (Lipinski definition) is 0. The van der Waals surface area contributed by atoms with Crippen LogP contribution < -0.4 is 0 Å². The monoisotopic (exact) mass is 487 g/mol. The number of halogens is 2. The lowest BCUT2D eigenvalue weighted by atomic mass is 9.79. The van der Waals surface area contributed by atoms with Gasteiger partial charge in [0.05, 0.1) is 10.0 Å². The van der Waals surface area contributed by atoms with Gasteiger partial charge in [-0.25, -0.2) is 0 Å². The molecule has 2 fully saturated rings. The van der Waals surface area contributed by atoms with Gasteiger partial charge >= 0.3 is 0 Å². The van der Waals surface area contributed by atoms with Crippen molar-refractivity contribution in [3.63, 3.8) is 0 Å². The minimum Gasteiger partial charge on any atom is -0.339 e. The molecule has 0 N–H and O–H groups in total. The van der Waals surface area contributed by atoms with Crippen LogP contribution in [0.2, 0.25) is 10.0 Å². The molecule has 6 heteroatoms. The Bertz CT molecular complexity index is 966. The van der Waals surface area contributed by atoms with Crippen LogP contribution in [0.4, 0.5) is 0 Å². The lowest BCUT2D eigenvalue weighted by Gasteiger charge is -2.41. The van der Waals surface area contributed by atoms with Crippen LogP contribution in [0.15, 0.2) is 36.5 Å². The van der Waals surface area contributed by atoms with Crippen LogP contribution in [0.25, 0.3) is 0 Å². The molecule has 1 aromatic carbocycles. The molecular formula is C27H35Cl2N3O. The van der Waals surface area contributed by atoms with E-state index in [2.05, 4.69) is 23.0 Å². The van der Waals surface area contributed by atoms with Gasteiger partial charge in [-0.3, -0.25) is 9.78 Å². The Morgan fingerprint density at radius 3 is 2.52 bits per heavy atom. The largest absolute Gasteiger partial charge is 0.339 e. The first kappa shape index (κ1) is 24.5. The smallest absolute Gasteiger partial charge is 0.253 e. The van der Waals surface area contributed by atoms with E-state index >= 15 is 0 Å². The molecule has 0 bridgehead atoms. The van der Waals surface area contributed by atoms with Crippen LogP contribution in [0.1, 0.15) is 66.6 Å². The highest BCUT2D eigenvalue weighted by atomic mass is 35.5. The molecule has 1 aromatic heterocycles. The van der Waals surface area contributed by atoms with Crippen molar-refractivity contribution in [2.45, 2.75) is 64.3 Å². The van der Waals surface area contributed by atoms with E-state index in [9.17, 15) is 4.79 Å². The van der Waals surface area contributed by atoms with Gasteiger partial charge in [0.1, 0.15) is 0 Å². The number of carbonyl (C=O) groups is 1. The molecule has 2 aromatic rings. The number of hydrogen-bond acceptors (Lipinski definition) is 3. The summed E-state index contributed by atoms with van der Waals surface area (Å²) in [5.41, 5.74) is 3.29. The SMILES string of the molecule is Cc1cc(C(=O)N2CCC(N(C)CC3(CCc4ccc(Cl)c(Cl)c4)CCCC3)CC2)ccn1. The summed E-state index contributed by atoms with van der Waals surface area (Å²) in [6.45, 7) is 4.71. The van der Waals surface area contributed by atoms with Gasteiger partial charge in [0.25, 0.3) is 5.91 Å². The number of amides is 1. The number of benzene rings is 1. The highest BCUT2D eigenvalue weighted by molar-refractivity contribution is 6.42. The zero-order valence-corrected chi connectivity index (χ0v) is 21.3. The number of carbonyl (C=O) groups excluding carboxylic acids is 1. The summed E-state index contributed by atoms with van der Waals surface area (Å²) in [6, 6.07) is 10.3. The van der Waals surface area contributed by atoms with Crippen molar-refractivity contribution in [2.75, 3.05) is 26.7 Å². The van der Waals surface area contributed by atoms with E-state index in [4.69, 9.17) is 23.2 Å². The molecule has 2 heterocycles. The first-order valence-corrected chi connectivity index (χ1v) is 13.0. The predicted octanol–water partition coefficient (Wildman–Crippen LogP) is 6.43. The Balaban J connectivity index is 1.32. The molecule has 1 saturated heterocycles. The summed E-state index contributed by atoms with van der Waals surface area (Å²) in [5, 5.41) is 1.27. The second kappa shape index (κ2) is 10.8. The van der Waals surface area contributed by atoms with Gasteiger partial charge in [-0.05, 0) is 87.7 Å². The summed E-state index contributed by atoms with van der Waals surface area (Å²) in [4.78, 5) is 21.7. The molecular weight excluding hydrogens is 453 g/mol. The van der Waals surface area contributed by atoms with Gasteiger partial charge < -0.3 is 9.80 Å². The highest BCUT2D eigenvalue weighted by Crippen LogP contribution is 2.43. The molecule has 0 atom stereocenters. The number of aryl methyl sites for hydroxylation is 2. The van der Waals surface area contributed by atoms with Crippen molar-refractivity contribution in [2.24, 2.45) is 5.41 Å². The van der Waals surface area contributed by atoms with Crippen LogP contribution in [0.3, 0.4) is 0 Å². The number of rotatable bonds is 7. The van der Waals surface area contributed by atoms with Gasteiger partial charge in [0.15, 0.2) is 0 Å². The molecule has 2 aliphatic rings. The maximum absolute atomic E-state index is 12.9. The number of piperidine rings is 1. The zero-order valence-electron chi connectivity index (χ0n) is 19.8. The lowest BCUT2D eigenvalue weighted by Crippen LogP contribution is -2.48. The molecule has 1 saturated carbocycles. The summed E-state index contributed by atoms with van der Waals surface area (Å²) in [6.07, 6.45) is 11.3. The Hall–Kier alpha value is -1.62. The van der Waals surface area contributed by atoms with E-state index in [0.29, 0.717) is 21.5 Å². The molecule has 1 aliphatic heterocycles. The molecule has 4 nitrogen and oxygen atoms in total. The Kier molecular flexibility index (Phi) is 7.99. The molecule has 1 amide bonds. The predicted molar refractivity (Wildman–Crippen MR) is 136 cm³/mol. The molecule has 33 heavy (non-hydrogen) atoms. The summed E-state index contributed by atoms with van der Waals surface area (Å²) in [7, 11) is 2.29. The van der Waals surface area contributed by atoms with Crippen molar-refractivity contribution >= 4 is 29.1 Å². The average molecular weight is 489 g/mol.